The van der Waals surface area contributed by atoms with E-state index in [1.165, 1.54) is 347 Å². The maximum Gasteiger partial charge on any atom is 0.249 e. The van der Waals surface area contributed by atoms with Gasteiger partial charge in [-0.1, -0.05) is 385 Å². The van der Waals surface area contributed by atoms with Gasteiger partial charge < -0.3 is 50.5 Å². The molecule has 93 heavy (non-hydrogen) atoms. The highest BCUT2D eigenvalue weighted by Crippen LogP contribution is 2.25. The van der Waals surface area contributed by atoms with Crippen molar-refractivity contribution in [2.24, 2.45) is 0 Å². The van der Waals surface area contributed by atoms with Gasteiger partial charge in [0.05, 0.1) is 25.4 Å². The number of carbonyl (C=O) groups excluding carboxylic acids is 1. The third-order valence-electron chi connectivity index (χ3n) is 20.2. The predicted molar refractivity (Wildman–Crippen MR) is 395 cm³/mol. The molecule has 1 fully saturated rings. The van der Waals surface area contributed by atoms with Crippen LogP contribution in [0.15, 0.2) is 24.3 Å². The number of hydrogen-bond donors (Lipinski definition) is 8. The van der Waals surface area contributed by atoms with Crippen molar-refractivity contribution in [2.45, 2.75) is 480 Å². The standard InChI is InChI=1S/C82H159NO10/c1-3-5-7-9-11-13-15-17-19-21-23-25-27-29-31-33-34-35-36-37-38-39-40-41-42-44-46-48-50-52-54-56-58-60-62-64-66-68-70-75(86)81(91)83-73(72-92-82-80(90)79(89)78(88)76(71-84)93-82)77(87)74(85)69-67-65-63-61-59-57-55-53-51-49-47-45-43-32-30-28-26-24-22-20-18-16-14-12-10-8-6-4-2/h37-38,61,63,73-80,82,84-90H,3-36,39-60,62,64-72H2,1-2H3,(H,83,91)/b38-37-,63-61+. The van der Waals surface area contributed by atoms with Crippen molar-refractivity contribution in [1.29, 1.82) is 0 Å². The van der Waals surface area contributed by atoms with Gasteiger partial charge in [0.1, 0.15) is 36.6 Å². The lowest BCUT2D eigenvalue weighted by Gasteiger charge is -2.40. The third kappa shape index (κ3) is 57.1. The van der Waals surface area contributed by atoms with E-state index >= 15 is 0 Å². The molecule has 0 radical (unpaired) electrons. The van der Waals surface area contributed by atoms with E-state index in [0.29, 0.717) is 12.8 Å². The molecule has 11 nitrogen and oxygen atoms in total. The number of ether oxygens (including phenoxy) is 2. The van der Waals surface area contributed by atoms with Gasteiger partial charge in [-0.15, -0.1) is 0 Å². The first-order chi connectivity index (χ1) is 45.7. The molecule has 9 atom stereocenters. The number of carbonyl (C=O) groups is 1. The summed E-state index contributed by atoms with van der Waals surface area (Å²) in [4.78, 5) is 13.3. The van der Waals surface area contributed by atoms with Gasteiger partial charge in [-0.2, -0.15) is 0 Å². The van der Waals surface area contributed by atoms with Gasteiger partial charge >= 0.3 is 0 Å². The zero-order valence-electron chi connectivity index (χ0n) is 61.5. The van der Waals surface area contributed by atoms with Gasteiger partial charge in [0.2, 0.25) is 5.91 Å². The van der Waals surface area contributed by atoms with Gasteiger partial charge in [0, 0.05) is 0 Å². The van der Waals surface area contributed by atoms with Crippen LogP contribution in [0, 0.1) is 0 Å². The van der Waals surface area contributed by atoms with E-state index in [4.69, 9.17) is 9.47 Å². The van der Waals surface area contributed by atoms with Crippen molar-refractivity contribution in [3.63, 3.8) is 0 Å². The van der Waals surface area contributed by atoms with Crippen LogP contribution in [0.25, 0.3) is 0 Å². The summed E-state index contributed by atoms with van der Waals surface area (Å²) in [6.45, 7) is 3.52. The fraction of sp³-hybridized carbons (Fsp3) is 0.939. The molecule has 11 heteroatoms. The second kappa shape index (κ2) is 70.5. The Balaban J connectivity index is 2.12. The van der Waals surface area contributed by atoms with Crippen LogP contribution in [0.5, 0.6) is 0 Å². The molecule has 1 rings (SSSR count). The lowest BCUT2D eigenvalue weighted by atomic mass is 9.98. The summed E-state index contributed by atoms with van der Waals surface area (Å²) in [5, 5.41) is 76.7. The van der Waals surface area contributed by atoms with Crippen LogP contribution >= 0.6 is 0 Å². The number of hydrogen-bond acceptors (Lipinski definition) is 10. The summed E-state index contributed by atoms with van der Waals surface area (Å²) in [6.07, 6.45) is 80.3. The smallest absolute Gasteiger partial charge is 0.249 e. The minimum absolute atomic E-state index is 0.258. The number of allylic oxidation sites excluding steroid dienone is 4. The van der Waals surface area contributed by atoms with Crippen molar-refractivity contribution in [2.75, 3.05) is 13.2 Å². The molecule has 1 amide bonds. The van der Waals surface area contributed by atoms with Gasteiger partial charge in [-0.3, -0.25) is 4.79 Å². The number of aliphatic hydroxyl groups excluding tert-OH is 7. The Morgan fingerprint density at radius 2 is 0.634 bits per heavy atom. The molecule has 0 aromatic rings. The van der Waals surface area contributed by atoms with Crippen molar-refractivity contribution >= 4 is 5.91 Å². The first-order valence-corrected chi connectivity index (χ1v) is 41.2. The lowest BCUT2D eigenvalue weighted by molar-refractivity contribution is -0.303. The summed E-state index contributed by atoms with van der Waals surface area (Å²) in [5.41, 5.74) is 0. The molecule has 0 spiro atoms. The fourth-order valence-corrected chi connectivity index (χ4v) is 13.7. The second-order valence-corrected chi connectivity index (χ2v) is 29.2. The monoisotopic (exact) mass is 1320 g/mol. The van der Waals surface area contributed by atoms with E-state index in [-0.39, 0.29) is 12.8 Å². The maximum atomic E-state index is 13.3. The van der Waals surface area contributed by atoms with Crippen molar-refractivity contribution in [1.82, 2.24) is 5.32 Å². The molecular formula is C82H159NO10. The molecule has 8 N–H and O–H groups in total. The Kier molecular flexibility index (Phi) is 67.9. The van der Waals surface area contributed by atoms with E-state index < -0.39 is 74.2 Å². The summed E-state index contributed by atoms with van der Waals surface area (Å²) >= 11 is 0. The summed E-state index contributed by atoms with van der Waals surface area (Å²) in [6, 6.07) is -1.19. The van der Waals surface area contributed by atoms with Crippen LogP contribution in [0.1, 0.15) is 425 Å². The quantitative estimate of drug-likeness (QED) is 0.0215. The van der Waals surface area contributed by atoms with Crippen LogP contribution in [-0.4, -0.2) is 110 Å². The number of amides is 1. The van der Waals surface area contributed by atoms with E-state index in [0.717, 1.165) is 38.5 Å². The van der Waals surface area contributed by atoms with Gasteiger partial charge in [0.25, 0.3) is 0 Å². The molecule has 1 aliphatic heterocycles. The molecule has 0 aromatic heterocycles. The third-order valence-corrected chi connectivity index (χ3v) is 20.2. The Bertz CT molecular complexity index is 1560. The molecule has 1 saturated heterocycles. The average Bonchev–Trinajstić information content (AvgIpc) is 1.03. The topological polar surface area (TPSA) is 189 Å². The van der Waals surface area contributed by atoms with Crippen molar-refractivity contribution < 1.29 is 50.0 Å². The van der Waals surface area contributed by atoms with E-state index in [1.807, 2.05) is 0 Å². The van der Waals surface area contributed by atoms with E-state index in [9.17, 15) is 40.5 Å². The molecule has 9 unspecified atom stereocenters. The molecule has 0 bridgehead atoms. The number of nitrogens with one attached hydrogen (secondary N) is 1. The molecule has 1 aliphatic rings. The molecule has 0 saturated carbocycles. The van der Waals surface area contributed by atoms with E-state index in [2.05, 4.69) is 43.5 Å². The van der Waals surface area contributed by atoms with Crippen LogP contribution < -0.4 is 5.32 Å². The summed E-state index contributed by atoms with van der Waals surface area (Å²) in [7, 11) is 0. The molecular weight excluding hydrogens is 1160 g/mol. The zero-order chi connectivity index (χ0) is 67.4. The first kappa shape index (κ1) is 89.6. The maximum absolute atomic E-state index is 13.3. The number of rotatable bonds is 74. The SMILES string of the molecule is CCCCCCCCCCCCCCCCCCCC/C=C\CCCCCCCCCCCCCCCCCCC(O)C(=O)NC(COC1OC(CO)C(O)C(O)C1O)C(O)C(O)CCC/C=C/CCCCCCCCCCCCCCCCCCCCCCCCC. The van der Waals surface area contributed by atoms with Crippen LogP contribution in [0.4, 0.5) is 0 Å². The molecule has 552 valence electrons. The van der Waals surface area contributed by atoms with Crippen LogP contribution in [-0.2, 0) is 14.3 Å². The van der Waals surface area contributed by atoms with Gasteiger partial charge in [0.15, 0.2) is 6.29 Å². The van der Waals surface area contributed by atoms with Gasteiger partial charge in [-0.25, -0.2) is 0 Å². The highest BCUT2D eigenvalue weighted by molar-refractivity contribution is 5.80. The fourth-order valence-electron chi connectivity index (χ4n) is 13.7. The highest BCUT2D eigenvalue weighted by Gasteiger charge is 2.44. The molecule has 0 aliphatic carbocycles. The Hall–Kier alpha value is -1.41. The van der Waals surface area contributed by atoms with Crippen LogP contribution in [0.3, 0.4) is 0 Å². The first-order valence-electron chi connectivity index (χ1n) is 41.2. The Morgan fingerprint density at radius 3 is 0.925 bits per heavy atom. The average molecular weight is 1320 g/mol. The Labute approximate surface area is 575 Å². The van der Waals surface area contributed by atoms with Crippen molar-refractivity contribution in [3.8, 4) is 0 Å². The largest absolute Gasteiger partial charge is 0.394 e. The Morgan fingerprint density at radius 1 is 0.366 bits per heavy atom. The highest BCUT2D eigenvalue weighted by atomic mass is 16.7. The summed E-state index contributed by atoms with van der Waals surface area (Å²) in [5.74, 6) is -0.698. The minimum Gasteiger partial charge on any atom is -0.394 e. The number of unbranched alkanes of at least 4 members (excludes halogenated alkanes) is 58. The number of aliphatic hydroxyl groups is 7. The van der Waals surface area contributed by atoms with Crippen LogP contribution in [0.2, 0.25) is 0 Å². The van der Waals surface area contributed by atoms with Crippen molar-refractivity contribution in [3.05, 3.63) is 24.3 Å². The summed E-state index contributed by atoms with van der Waals surface area (Å²) < 4.78 is 11.2. The van der Waals surface area contributed by atoms with E-state index in [1.54, 1.807) is 0 Å². The predicted octanol–water partition coefficient (Wildman–Crippen LogP) is 21.5. The zero-order valence-corrected chi connectivity index (χ0v) is 61.5. The molecule has 1 heterocycles. The lowest BCUT2D eigenvalue weighted by Crippen LogP contribution is -2.60. The minimum atomic E-state index is -1.67. The molecule has 0 aromatic carbocycles. The van der Waals surface area contributed by atoms with Gasteiger partial charge in [-0.05, 0) is 64.2 Å². The second-order valence-electron chi connectivity index (χ2n) is 29.2. The normalized spacial score (nSPS) is 18.3.